The molecule has 1 saturated heterocycles. The Bertz CT molecular complexity index is 805. The third-order valence-corrected chi connectivity index (χ3v) is 5.53. The van der Waals surface area contributed by atoms with Crippen LogP contribution in [0.1, 0.15) is 16.6 Å². The third kappa shape index (κ3) is 6.19. The molecule has 0 aliphatic carbocycles. The van der Waals surface area contributed by atoms with E-state index in [1.807, 2.05) is 36.4 Å². The Morgan fingerprint density at radius 2 is 1.97 bits per heavy atom. The van der Waals surface area contributed by atoms with Crippen LogP contribution in [0.3, 0.4) is 0 Å². The molecule has 1 fully saturated rings. The molecule has 1 aromatic carbocycles. The lowest BCUT2D eigenvalue weighted by Crippen LogP contribution is -2.36. The number of nitrogens with one attached hydrogen (secondary N) is 1. The molecule has 0 bridgehead atoms. The molecule has 1 aliphatic heterocycles. The normalized spacial score (nSPS) is 15.9. The van der Waals surface area contributed by atoms with Crippen LogP contribution in [0, 0.1) is 0 Å². The average Bonchev–Trinajstić information content (AvgIpc) is 3.14. The van der Waals surface area contributed by atoms with E-state index in [1.54, 1.807) is 6.92 Å². The first-order valence-corrected chi connectivity index (χ1v) is 10.1. The van der Waals surface area contributed by atoms with E-state index in [9.17, 15) is 18.0 Å². The van der Waals surface area contributed by atoms with E-state index in [0.29, 0.717) is 18.1 Å². The molecule has 0 saturated carbocycles. The van der Waals surface area contributed by atoms with Gasteiger partial charge in [-0.25, -0.2) is 0 Å². The van der Waals surface area contributed by atoms with Gasteiger partial charge in [-0.2, -0.15) is 13.2 Å². The van der Waals surface area contributed by atoms with Crippen LogP contribution < -0.4 is 10.2 Å². The van der Waals surface area contributed by atoms with Crippen molar-refractivity contribution in [2.24, 2.45) is 0 Å². The van der Waals surface area contributed by atoms with Crippen molar-refractivity contribution in [3.63, 3.8) is 0 Å². The van der Waals surface area contributed by atoms with Crippen LogP contribution >= 0.6 is 11.3 Å². The summed E-state index contributed by atoms with van der Waals surface area (Å²) in [6, 6.07) is 11.1. The summed E-state index contributed by atoms with van der Waals surface area (Å²) in [6.07, 6.45) is -4.38. The molecule has 1 amide bonds. The lowest BCUT2D eigenvalue weighted by Gasteiger charge is -2.28. The van der Waals surface area contributed by atoms with Crippen molar-refractivity contribution in [3.8, 4) is 11.1 Å². The van der Waals surface area contributed by atoms with Gasteiger partial charge in [0.25, 0.3) is 5.91 Å². The molecular formula is C20H23F3N2O3S. The highest BCUT2D eigenvalue weighted by atomic mass is 32.1. The maximum Gasteiger partial charge on any atom is 0.411 e. The zero-order chi connectivity index (χ0) is 20.9. The Balaban J connectivity index is 1.73. The minimum atomic E-state index is -4.38. The van der Waals surface area contributed by atoms with E-state index in [4.69, 9.17) is 4.74 Å². The fourth-order valence-corrected chi connectivity index (χ4v) is 4.14. The number of carbonyl (C=O) groups is 1. The molecule has 9 heteroatoms. The Hall–Kier alpha value is -2.10. The Morgan fingerprint density at radius 3 is 2.62 bits per heavy atom. The van der Waals surface area contributed by atoms with Crippen LogP contribution in [-0.4, -0.2) is 57.6 Å². The molecule has 0 spiro atoms. The van der Waals surface area contributed by atoms with Crippen molar-refractivity contribution in [3.05, 3.63) is 41.3 Å². The smallest absolute Gasteiger partial charge is 0.378 e. The van der Waals surface area contributed by atoms with Crippen LogP contribution in [-0.2, 0) is 9.47 Å². The van der Waals surface area contributed by atoms with Gasteiger partial charge in [0.1, 0.15) is 6.61 Å². The van der Waals surface area contributed by atoms with Crippen LogP contribution in [0.5, 0.6) is 0 Å². The van der Waals surface area contributed by atoms with E-state index in [0.717, 1.165) is 29.2 Å². The number of hydrogen-bond acceptors (Lipinski definition) is 5. The number of morpholine rings is 1. The minimum absolute atomic E-state index is 0.210. The molecule has 29 heavy (non-hydrogen) atoms. The zero-order valence-electron chi connectivity index (χ0n) is 16.0. The number of ether oxygens (including phenoxy) is 2. The van der Waals surface area contributed by atoms with E-state index >= 15 is 0 Å². The summed E-state index contributed by atoms with van der Waals surface area (Å²) >= 11 is 1.38. The predicted molar refractivity (Wildman–Crippen MR) is 107 cm³/mol. The molecule has 1 aromatic heterocycles. The quantitative estimate of drug-likeness (QED) is 0.726. The first-order chi connectivity index (χ1) is 13.8. The number of halogens is 3. The van der Waals surface area contributed by atoms with Crippen LogP contribution in [0.2, 0.25) is 0 Å². The summed E-state index contributed by atoms with van der Waals surface area (Å²) in [4.78, 5) is 15.4. The standard InChI is InChI=1S/C20H23F3N2O3S/c1-14(12-28-13-20(21,22)23)24-18(26)17-11-16(15-5-3-2-4-6-15)19(29-17)25-7-9-27-10-8-25/h2-6,11,14H,7-10,12-13H2,1H3,(H,24,26). The number of amides is 1. The molecule has 1 aliphatic rings. The van der Waals surface area contributed by atoms with Crippen molar-refractivity contribution in [1.29, 1.82) is 0 Å². The number of alkyl halides is 3. The Morgan fingerprint density at radius 1 is 1.28 bits per heavy atom. The maximum atomic E-state index is 12.7. The van der Waals surface area contributed by atoms with Crippen LogP contribution in [0.25, 0.3) is 11.1 Å². The van der Waals surface area contributed by atoms with Crippen molar-refractivity contribution < 1.29 is 27.4 Å². The highest BCUT2D eigenvalue weighted by molar-refractivity contribution is 7.18. The number of carbonyl (C=O) groups excluding carboxylic acids is 1. The number of thiophene rings is 1. The summed E-state index contributed by atoms with van der Waals surface area (Å²) in [5.74, 6) is -0.324. The van der Waals surface area contributed by atoms with Crippen molar-refractivity contribution >= 4 is 22.2 Å². The number of nitrogens with zero attached hydrogens (tertiary/aromatic N) is 1. The van der Waals surface area contributed by atoms with Gasteiger partial charge in [-0.3, -0.25) is 4.79 Å². The average molecular weight is 428 g/mol. The first kappa shape index (κ1) is 21.6. The van der Waals surface area contributed by atoms with Gasteiger partial charge in [0, 0.05) is 24.7 Å². The molecule has 5 nitrogen and oxygen atoms in total. The molecule has 3 rings (SSSR count). The van der Waals surface area contributed by atoms with Crippen molar-refractivity contribution in [1.82, 2.24) is 5.32 Å². The lowest BCUT2D eigenvalue weighted by atomic mass is 10.1. The minimum Gasteiger partial charge on any atom is -0.378 e. The van der Waals surface area contributed by atoms with E-state index in [2.05, 4.69) is 15.0 Å². The maximum absolute atomic E-state index is 12.7. The van der Waals surface area contributed by atoms with Gasteiger partial charge < -0.3 is 19.7 Å². The molecule has 1 N–H and O–H groups in total. The highest BCUT2D eigenvalue weighted by Crippen LogP contribution is 2.39. The topological polar surface area (TPSA) is 50.8 Å². The molecule has 2 heterocycles. The van der Waals surface area contributed by atoms with Crippen molar-refractivity contribution in [2.75, 3.05) is 44.4 Å². The number of rotatable bonds is 7. The first-order valence-electron chi connectivity index (χ1n) is 9.31. The SMILES string of the molecule is CC(COCC(F)(F)F)NC(=O)c1cc(-c2ccccc2)c(N2CCOCC2)s1. The molecule has 2 aromatic rings. The summed E-state index contributed by atoms with van der Waals surface area (Å²) in [5, 5.41) is 3.70. The van der Waals surface area contributed by atoms with Crippen LogP contribution in [0.4, 0.5) is 18.2 Å². The zero-order valence-corrected chi connectivity index (χ0v) is 16.8. The fraction of sp³-hybridized carbons (Fsp3) is 0.450. The number of hydrogen-bond donors (Lipinski definition) is 1. The molecule has 1 unspecified atom stereocenters. The lowest BCUT2D eigenvalue weighted by molar-refractivity contribution is -0.174. The second-order valence-corrected chi connectivity index (χ2v) is 7.83. The molecule has 1 atom stereocenters. The molecular weight excluding hydrogens is 405 g/mol. The van der Waals surface area contributed by atoms with E-state index in [-0.39, 0.29) is 12.5 Å². The fourth-order valence-electron chi connectivity index (χ4n) is 3.01. The Kier molecular flexibility index (Phi) is 7.15. The predicted octanol–water partition coefficient (Wildman–Crippen LogP) is 3.95. The van der Waals surface area contributed by atoms with Gasteiger partial charge in [0.15, 0.2) is 0 Å². The monoisotopic (exact) mass is 428 g/mol. The van der Waals surface area contributed by atoms with Gasteiger partial charge in [0.05, 0.1) is 29.7 Å². The van der Waals surface area contributed by atoms with E-state index < -0.39 is 18.8 Å². The summed E-state index contributed by atoms with van der Waals surface area (Å²) in [6.45, 7) is 2.81. The summed E-state index contributed by atoms with van der Waals surface area (Å²) in [7, 11) is 0. The Labute approximate surface area is 171 Å². The second kappa shape index (κ2) is 9.60. The van der Waals surface area contributed by atoms with Gasteiger partial charge in [-0.1, -0.05) is 30.3 Å². The number of benzene rings is 1. The van der Waals surface area contributed by atoms with E-state index in [1.165, 1.54) is 11.3 Å². The van der Waals surface area contributed by atoms with Crippen molar-refractivity contribution in [2.45, 2.75) is 19.1 Å². The van der Waals surface area contributed by atoms with Gasteiger partial charge in [0.2, 0.25) is 0 Å². The third-order valence-electron chi connectivity index (χ3n) is 4.33. The van der Waals surface area contributed by atoms with Gasteiger partial charge in [-0.15, -0.1) is 11.3 Å². The molecule has 158 valence electrons. The molecule has 0 radical (unpaired) electrons. The summed E-state index contributed by atoms with van der Waals surface area (Å²) in [5.41, 5.74) is 1.97. The highest BCUT2D eigenvalue weighted by Gasteiger charge is 2.28. The second-order valence-electron chi connectivity index (χ2n) is 6.80. The summed E-state index contributed by atoms with van der Waals surface area (Å²) < 4.78 is 46.6. The van der Waals surface area contributed by atoms with Crippen LogP contribution in [0.15, 0.2) is 36.4 Å². The largest absolute Gasteiger partial charge is 0.411 e. The van der Waals surface area contributed by atoms with Gasteiger partial charge in [-0.05, 0) is 18.6 Å². The van der Waals surface area contributed by atoms with Gasteiger partial charge >= 0.3 is 6.18 Å². The number of anilines is 1.